The van der Waals surface area contributed by atoms with E-state index in [0.717, 1.165) is 5.56 Å². The Balaban J connectivity index is 1.74. The fourth-order valence-corrected chi connectivity index (χ4v) is 5.27. The van der Waals surface area contributed by atoms with Crippen LogP contribution in [0.4, 0.5) is 0 Å². The highest BCUT2D eigenvalue weighted by atomic mass is 32.2. The Kier molecular flexibility index (Phi) is 5.22. The summed E-state index contributed by atoms with van der Waals surface area (Å²) in [4.78, 5) is 14.5. The number of morpholine rings is 1. The molecule has 0 saturated carbocycles. The molecule has 2 aliphatic rings. The number of carbonyl (C=O) groups excluding carboxylic acids is 1. The van der Waals surface area contributed by atoms with Gasteiger partial charge in [-0.05, 0) is 31.4 Å². The van der Waals surface area contributed by atoms with Gasteiger partial charge >= 0.3 is 0 Å². The summed E-state index contributed by atoms with van der Waals surface area (Å²) in [5.74, 6) is -0.0741. The molecular formula is C17H24N2O4S. The molecule has 24 heavy (non-hydrogen) atoms. The van der Waals surface area contributed by atoms with Gasteiger partial charge in [-0.3, -0.25) is 4.79 Å². The quantitative estimate of drug-likeness (QED) is 0.821. The minimum absolute atomic E-state index is 0.0741. The molecule has 2 saturated heterocycles. The van der Waals surface area contributed by atoms with Crippen molar-refractivity contribution in [2.45, 2.75) is 25.0 Å². The van der Waals surface area contributed by atoms with E-state index < -0.39 is 15.3 Å². The van der Waals surface area contributed by atoms with Gasteiger partial charge in [-0.25, -0.2) is 8.42 Å². The molecule has 0 aromatic heterocycles. The summed E-state index contributed by atoms with van der Waals surface area (Å²) in [6.07, 6.45) is 1.32. The predicted molar refractivity (Wildman–Crippen MR) is 91.4 cm³/mol. The van der Waals surface area contributed by atoms with E-state index in [1.54, 1.807) is 11.0 Å². The van der Waals surface area contributed by atoms with Crippen molar-refractivity contribution in [1.82, 2.24) is 9.21 Å². The zero-order chi connectivity index (χ0) is 17.2. The van der Waals surface area contributed by atoms with Crippen LogP contribution in [0.25, 0.3) is 0 Å². The summed E-state index contributed by atoms with van der Waals surface area (Å²) in [6.45, 7) is 4.49. The zero-order valence-corrected chi connectivity index (χ0v) is 14.8. The summed E-state index contributed by atoms with van der Waals surface area (Å²) in [5, 5.41) is -0.516. The lowest BCUT2D eigenvalue weighted by Crippen LogP contribution is -2.51. The number of rotatable bonds is 3. The predicted octanol–water partition coefficient (Wildman–Crippen LogP) is 1.26. The van der Waals surface area contributed by atoms with Crippen molar-refractivity contribution in [2.24, 2.45) is 0 Å². The maximum atomic E-state index is 12.8. The SMILES string of the molecule is Cc1ccccc1C(=O)N1CCC[C@H](S(=O)(=O)N2CCOCC2)C1. The Labute approximate surface area is 143 Å². The molecule has 6 nitrogen and oxygen atoms in total. The van der Waals surface area contributed by atoms with Gasteiger partial charge < -0.3 is 9.64 Å². The summed E-state index contributed by atoms with van der Waals surface area (Å²) in [5.41, 5.74) is 1.57. The Hall–Kier alpha value is -1.44. The highest BCUT2D eigenvalue weighted by molar-refractivity contribution is 7.89. The number of sulfonamides is 1. The first kappa shape index (κ1) is 17.4. The van der Waals surface area contributed by atoms with Crippen LogP contribution in [0.3, 0.4) is 0 Å². The topological polar surface area (TPSA) is 66.9 Å². The first-order chi connectivity index (χ1) is 11.5. The maximum absolute atomic E-state index is 12.8. The second-order valence-corrected chi connectivity index (χ2v) is 8.60. The second kappa shape index (κ2) is 7.21. The van der Waals surface area contributed by atoms with E-state index >= 15 is 0 Å². The van der Waals surface area contributed by atoms with Crippen LogP contribution in [0.15, 0.2) is 24.3 Å². The summed E-state index contributed by atoms with van der Waals surface area (Å²) >= 11 is 0. The van der Waals surface area contributed by atoms with Gasteiger partial charge in [-0.15, -0.1) is 0 Å². The average Bonchev–Trinajstić information content (AvgIpc) is 2.62. The maximum Gasteiger partial charge on any atom is 0.254 e. The van der Waals surface area contributed by atoms with Gasteiger partial charge in [0.15, 0.2) is 0 Å². The normalized spacial score (nSPS) is 23.2. The van der Waals surface area contributed by atoms with Gasteiger partial charge in [0.05, 0.1) is 18.5 Å². The molecule has 2 fully saturated rings. The lowest BCUT2D eigenvalue weighted by molar-refractivity contribution is 0.0685. The van der Waals surface area contributed by atoms with Gasteiger partial charge in [-0.1, -0.05) is 18.2 Å². The third-order valence-electron chi connectivity index (χ3n) is 4.79. The Morgan fingerprint density at radius 1 is 1.17 bits per heavy atom. The summed E-state index contributed by atoms with van der Waals surface area (Å²) < 4.78 is 32.4. The number of aryl methyl sites for hydroxylation is 1. The smallest absolute Gasteiger partial charge is 0.254 e. The number of amides is 1. The van der Waals surface area contributed by atoms with Crippen molar-refractivity contribution in [2.75, 3.05) is 39.4 Å². The van der Waals surface area contributed by atoms with E-state index in [0.29, 0.717) is 51.3 Å². The molecule has 3 rings (SSSR count). The molecule has 0 aliphatic carbocycles. The minimum atomic E-state index is -3.38. The number of benzene rings is 1. The Bertz CT molecular complexity index is 698. The van der Waals surface area contributed by atoms with Gasteiger partial charge in [0, 0.05) is 31.7 Å². The Morgan fingerprint density at radius 3 is 2.58 bits per heavy atom. The molecular weight excluding hydrogens is 328 g/mol. The van der Waals surface area contributed by atoms with Crippen LogP contribution in [0, 0.1) is 6.92 Å². The molecule has 2 heterocycles. The van der Waals surface area contributed by atoms with Crippen molar-refractivity contribution in [3.05, 3.63) is 35.4 Å². The fraction of sp³-hybridized carbons (Fsp3) is 0.588. The van der Waals surface area contributed by atoms with Crippen LogP contribution in [-0.2, 0) is 14.8 Å². The number of ether oxygens (including phenoxy) is 1. The van der Waals surface area contributed by atoms with Crippen LogP contribution in [0.2, 0.25) is 0 Å². The second-order valence-electron chi connectivity index (χ2n) is 6.39. The van der Waals surface area contributed by atoms with Gasteiger partial charge in [0.25, 0.3) is 5.91 Å². The summed E-state index contributed by atoms with van der Waals surface area (Å²) in [7, 11) is -3.38. The molecule has 0 unspecified atom stereocenters. The van der Waals surface area contributed by atoms with E-state index in [2.05, 4.69) is 0 Å². The average molecular weight is 352 g/mol. The number of likely N-dealkylation sites (tertiary alicyclic amines) is 1. The number of hydrogen-bond acceptors (Lipinski definition) is 4. The standard InChI is InChI=1S/C17H24N2O4S/c1-14-5-2-3-7-16(14)17(20)18-8-4-6-15(13-18)24(21,22)19-9-11-23-12-10-19/h2-3,5,7,15H,4,6,8-13H2,1H3/t15-/m0/s1. The zero-order valence-electron chi connectivity index (χ0n) is 14.0. The monoisotopic (exact) mass is 352 g/mol. The third-order valence-corrected chi connectivity index (χ3v) is 7.10. The summed E-state index contributed by atoms with van der Waals surface area (Å²) in [6, 6.07) is 7.44. The molecule has 0 radical (unpaired) electrons. The Morgan fingerprint density at radius 2 is 1.88 bits per heavy atom. The van der Waals surface area contributed by atoms with Crippen LogP contribution in [0.5, 0.6) is 0 Å². The molecule has 132 valence electrons. The van der Waals surface area contributed by atoms with Crippen LogP contribution >= 0.6 is 0 Å². The van der Waals surface area contributed by atoms with E-state index in [9.17, 15) is 13.2 Å². The van der Waals surface area contributed by atoms with Crippen LogP contribution < -0.4 is 0 Å². The van der Waals surface area contributed by atoms with E-state index in [4.69, 9.17) is 4.74 Å². The van der Waals surface area contributed by atoms with Crippen LogP contribution in [0.1, 0.15) is 28.8 Å². The lowest BCUT2D eigenvalue weighted by Gasteiger charge is -2.36. The molecule has 0 bridgehead atoms. The first-order valence-corrected chi connectivity index (χ1v) is 9.92. The number of carbonyl (C=O) groups is 1. The van der Waals surface area contributed by atoms with Crippen molar-refractivity contribution in [3.63, 3.8) is 0 Å². The first-order valence-electron chi connectivity index (χ1n) is 8.42. The number of hydrogen-bond donors (Lipinski definition) is 0. The minimum Gasteiger partial charge on any atom is -0.379 e. The molecule has 2 aliphatic heterocycles. The fourth-order valence-electron chi connectivity index (χ4n) is 3.36. The molecule has 0 N–H and O–H groups in total. The molecule has 1 atom stereocenters. The number of nitrogens with zero attached hydrogens (tertiary/aromatic N) is 2. The molecule has 7 heteroatoms. The molecule has 1 amide bonds. The molecule has 1 aromatic rings. The van der Waals surface area contributed by atoms with Gasteiger partial charge in [0.1, 0.15) is 0 Å². The lowest BCUT2D eigenvalue weighted by atomic mass is 10.1. The number of piperidine rings is 1. The van der Waals surface area contributed by atoms with Crippen molar-refractivity contribution >= 4 is 15.9 Å². The van der Waals surface area contributed by atoms with Crippen molar-refractivity contribution in [1.29, 1.82) is 0 Å². The largest absolute Gasteiger partial charge is 0.379 e. The van der Waals surface area contributed by atoms with Gasteiger partial charge in [0.2, 0.25) is 10.0 Å². The van der Waals surface area contributed by atoms with E-state index in [1.807, 2.05) is 25.1 Å². The highest BCUT2D eigenvalue weighted by Crippen LogP contribution is 2.23. The van der Waals surface area contributed by atoms with Crippen molar-refractivity contribution in [3.8, 4) is 0 Å². The van der Waals surface area contributed by atoms with Gasteiger partial charge in [-0.2, -0.15) is 4.31 Å². The highest BCUT2D eigenvalue weighted by Gasteiger charge is 2.37. The third kappa shape index (κ3) is 3.48. The van der Waals surface area contributed by atoms with E-state index in [1.165, 1.54) is 4.31 Å². The van der Waals surface area contributed by atoms with Crippen molar-refractivity contribution < 1.29 is 17.9 Å². The molecule has 1 aromatic carbocycles. The molecule has 0 spiro atoms. The van der Waals surface area contributed by atoms with Crippen LogP contribution in [-0.4, -0.2) is 68.2 Å². The van der Waals surface area contributed by atoms with E-state index in [-0.39, 0.29) is 12.5 Å².